The van der Waals surface area contributed by atoms with E-state index in [1.165, 1.54) is 121 Å². The molecule has 4 aliphatic carbocycles. The summed E-state index contributed by atoms with van der Waals surface area (Å²) in [6.07, 6.45) is 17.9. The molecule has 0 saturated carbocycles. The van der Waals surface area contributed by atoms with Crippen molar-refractivity contribution in [1.29, 1.82) is 0 Å². The van der Waals surface area contributed by atoms with Crippen LogP contribution in [0.15, 0.2) is 176 Å². The molecule has 0 fully saturated rings. The zero-order valence-corrected chi connectivity index (χ0v) is 34.1. The third-order valence-electron chi connectivity index (χ3n) is 14.0. The van der Waals surface area contributed by atoms with E-state index < -0.39 is 5.41 Å². The second-order valence-corrected chi connectivity index (χ2v) is 17.3. The number of allylic oxidation sites excluding steroid dienone is 2. The van der Waals surface area contributed by atoms with Gasteiger partial charge in [-0.15, -0.1) is 0 Å². The molecule has 0 bridgehead atoms. The second-order valence-electron chi connectivity index (χ2n) is 17.3. The van der Waals surface area contributed by atoms with Crippen molar-refractivity contribution in [3.05, 3.63) is 232 Å². The number of anilines is 2. The molecular weight excluding hydrogens is 711 g/mol. The summed E-state index contributed by atoms with van der Waals surface area (Å²) < 4.78 is 0. The molecule has 1 atom stereocenters. The molecule has 11 rings (SSSR count). The Hall–Kier alpha value is -6.18. The fourth-order valence-electron chi connectivity index (χ4n) is 11.2. The summed E-state index contributed by atoms with van der Waals surface area (Å²) in [7, 11) is 0. The zero-order valence-electron chi connectivity index (χ0n) is 34.1. The first-order valence-electron chi connectivity index (χ1n) is 22.0. The molecule has 1 heteroatoms. The summed E-state index contributed by atoms with van der Waals surface area (Å²) in [5, 5.41) is 0. The highest BCUT2D eigenvalue weighted by Gasteiger charge is 2.47. The van der Waals surface area contributed by atoms with Crippen molar-refractivity contribution in [2.24, 2.45) is 0 Å². The average Bonchev–Trinajstić information content (AvgIpc) is 3.60. The Balaban J connectivity index is 1.23. The highest BCUT2D eigenvalue weighted by Crippen LogP contribution is 2.59. The van der Waals surface area contributed by atoms with Crippen molar-refractivity contribution >= 4 is 16.9 Å². The molecular formula is C58H51N. The minimum absolute atomic E-state index is 0.132. The van der Waals surface area contributed by atoms with Crippen LogP contribution in [0.1, 0.15) is 87.7 Å². The molecule has 0 N–H and O–H groups in total. The van der Waals surface area contributed by atoms with Gasteiger partial charge in [0.1, 0.15) is 0 Å². The molecule has 0 amide bonds. The van der Waals surface area contributed by atoms with Crippen molar-refractivity contribution in [1.82, 2.24) is 0 Å². The SMILES string of the molecule is Cc1ccc2c(c1-c1cc3c(cc1N(c1ccc4c(c1)CCCC4)C1C=CC(c4ccccc4)=CC1)C(c1ccccc1)(c1ccccc1)c1ccccc1-3)CCCC2. The average molecular weight is 762 g/mol. The number of fused-ring (bicyclic) bond motifs is 5. The lowest BCUT2D eigenvalue weighted by molar-refractivity contribution is 0.684. The number of benzene rings is 7. The lowest BCUT2D eigenvalue weighted by Gasteiger charge is -2.38. The summed E-state index contributed by atoms with van der Waals surface area (Å²) in [6.45, 7) is 2.35. The van der Waals surface area contributed by atoms with Crippen LogP contribution in [0.25, 0.3) is 27.8 Å². The van der Waals surface area contributed by atoms with Gasteiger partial charge < -0.3 is 4.90 Å². The van der Waals surface area contributed by atoms with E-state index in [-0.39, 0.29) is 6.04 Å². The van der Waals surface area contributed by atoms with Gasteiger partial charge >= 0.3 is 0 Å². The molecule has 0 aromatic heterocycles. The van der Waals surface area contributed by atoms with Crippen LogP contribution in [0.2, 0.25) is 0 Å². The minimum atomic E-state index is -0.489. The van der Waals surface area contributed by atoms with E-state index in [1.54, 1.807) is 5.56 Å². The van der Waals surface area contributed by atoms with Crippen LogP contribution >= 0.6 is 0 Å². The topological polar surface area (TPSA) is 3.24 Å². The Bertz CT molecular complexity index is 2710. The van der Waals surface area contributed by atoms with E-state index in [2.05, 4.69) is 188 Å². The summed E-state index contributed by atoms with van der Waals surface area (Å²) in [5.74, 6) is 0. The van der Waals surface area contributed by atoms with E-state index in [4.69, 9.17) is 0 Å². The Kier molecular flexibility index (Phi) is 9.07. The van der Waals surface area contributed by atoms with Crippen LogP contribution in [0, 0.1) is 6.92 Å². The van der Waals surface area contributed by atoms with Gasteiger partial charge in [-0.1, -0.05) is 152 Å². The Morgan fingerprint density at radius 2 is 1.17 bits per heavy atom. The van der Waals surface area contributed by atoms with E-state index in [9.17, 15) is 0 Å². The van der Waals surface area contributed by atoms with Crippen molar-refractivity contribution in [3.63, 3.8) is 0 Å². The summed E-state index contributed by atoms with van der Waals surface area (Å²) in [5.41, 5.74) is 23.0. The maximum atomic E-state index is 2.74. The van der Waals surface area contributed by atoms with Crippen molar-refractivity contribution in [2.45, 2.75) is 76.2 Å². The number of hydrogen-bond acceptors (Lipinski definition) is 1. The van der Waals surface area contributed by atoms with E-state index in [0.717, 1.165) is 25.7 Å². The summed E-state index contributed by atoms with van der Waals surface area (Å²) >= 11 is 0. The smallest absolute Gasteiger partial charge is 0.0714 e. The van der Waals surface area contributed by atoms with E-state index in [0.29, 0.717) is 0 Å². The van der Waals surface area contributed by atoms with Crippen molar-refractivity contribution in [2.75, 3.05) is 4.90 Å². The molecule has 7 aromatic rings. The lowest BCUT2D eigenvalue weighted by atomic mass is 9.67. The molecule has 7 aromatic carbocycles. The van der Waals surface area contributed by atoms with Crippen LogP contribution in [-0.4, -0.2) is 6.04 Å². The van der Waals surface area contributed by atoms with Crippen LogP contribution < -0.4 is 4.90 Å². The van der Waals surface area contributed by atoms with Crippen LogP contribution in [-0.2, 0) is 31.1 Å². The van der Waals surface area contributed by atoms with Gasteiger partial charge in [-0.05, 0) is 167 Å². The second kappa shape index (κ2) is 14.9. The lowest BCUT2D eigenvalue weighted by Crippen LogP contribution is -2.32. The first-order chi connectivity index (χ1) is 29.2. The van der Waals surface area contributed by atoms with E-state index in [1.807, 2.05) is 0 Å². The highest BCUT2D eigenvalue weighted by atomic mass is 15.2. The monoisotopic (exact) mass is 761 g/mol. The van der Waals surface area contributed by atoms with Gasteiger partial charge in [0.15, 0.2) is 0 Å². The number of aryl methyl sites for hydroxylation is 4. The normalized spacial score (nSPS) is 17.3. The Morgan fingerprint density at radius 1 is 0.525 bits per heavy atom. The minimum Gasteiger partial charge on any atom is -0.334 e. The van der Waals surface area contributed by atoms with Gasteiger partial charge in [-0.2, -0.15) is 0 Å². The maximum absolute atomic E-state index is 2.74. The predicted octanol–water partition coefficient (Wildman–Crippen LogP) is 14.3. The predicted molar refractivity (Wildman–Crippen MR) is 248 cm³/mol. The molecule has 4 aliphatic rings. The van der Waals surface area contributed by atoms with Gasteiger partial charge in [0.25, 0.3) is 0 Å². The summed E-state index contributed by atoms with van der Waals surface area (Å²) in [4.78, 5) is 2.74. The zero-order chi connectivity index (χ0) is 39.3. The van der Waals surface area contributed by atoms with Gasteiger partial charge in [-0.25, -0.2) is 0 Å². The van der Waals surface area contributed by atoms with Gasteiger partial charge in [0.05, 0.1) is 11.5 Å². The molecule has 0 heterocycles. The molecule has 1 unspecified atom stereocenters. The maximum Gasteiger partial charge on any atom is 0.0714 e. The summed E-state index contributed by atoms with van der Waals surface area (Å²) in [6, 6.07) is 60.4. The van der Waals surface area contributed by atoms with Crippen molar-refractivity contribution in [3.8, 4) is 22.3 Å². The molecule has 1 nitrogen and oxygen atoms in total. The van der Waals surface area contributed by atoms with Gasteiger partial charge in [0, 0.05) is 16.9 Å². The Morgan fingerprint density at radius 3 is 1.90 bits per heavy atom. The van der Waals surface area contributed by atoms with Crippen LogP contribution in [0.4, 0.5) is 11.4 Å². The fourth-order valence-corrected chi connectivity index (χ4v) is 11.2. The number of rotatable bonds is 7. The molecule has 59 heavy (non-hydrogen) atoms. The third kappa shape index (κ3) is 5.97. The molecule has 0 radical (unpaired) electrons. The van der Waals surface area contributed by atoms with Gasteiger partial charge in [-0.3, -0.25) is 0 Å². The third-order valence-corrected chi connectivity index (χ3v) is 14.0. The van der Waals surface area contributed by atoms with Crippen LogP contribution in [0.3, 0.4) is 0 Å². The molecule has 0 saturated heterocycles. The Labute approximate surface area is 350 Å². The molecule has 288 valence electrons. The number of hydrogen-bond donors (Lipinski definition) is 0. The first-order valence-corrected chi connectivity index (χ1v) is 22.0. The number of nitrogens with zero attached hydrogens (tertiary/aromatic N) is 1. The fraction of sp³-hybridized carbons (Fsp3) is 0.207. The molecule has 0 spiro atoms. The quantitative estimate of drug-likeness (QED) is 0.156. The van der Waals surface area contributed by atoms with Gasteiger partial charge in [0.2, 0.25) is 0 Å². The van der Waals surface area contributed by atoms with E-state index >= 15 is 0 Å². The van der Waals surface area contributed by atoms with Crippen LogP contribution in [0.5, 0.6) is 0 Å². The first kappa shape index (κ1) is 35.9. The highest BCUT2D eigenvalue weighted by molar-refractivity contribution is 5.96. The van der Waals surface area contributed by atoms with Crippen molar-refractivity contribution < 1.29 is 0 Å². The largest absolute Gasteiger partial charge is 0.334 e. The standard InChI is InChI=1S/C58H51N/c1-40-29-30-44-20-13-14-26-50(44)57(40)53-38-52-51-27-15-16-28-54(51)58(46-22-7-3-8-23-46,47-24-9-4-10-25-47)55(52)39-56(53)59(49-36-33-42-19-11-12-21-45(42)37-49)48-34-31-43(32-35-48)41-17-5-2-6-18-41/h2-10,15-18,22-25,27-34,36-39,48H,11-14,19-21,26,35H2,1H3. The molecule has 0 aliphatic heterocycles.